The van der Waals surface area contributed by atoms with Crippen LogP contribution in [0.1, 0.15) is 74.9 Å². The van der Waals surface area contributed by atoms with Crippen LogP contribution in [0.15, 0.2) is 89.7 Å². The van der Waals surface area contributed by atoms with Gasteiger partial charge in [0.15, 0.2) is 0 Å². The second kappa shape index (κ2) is 16.9. The Labute approximate surface area is 351 Å². The van der Waals surface area contributed by atoms with Crippen LogP contribution in [0, 0.1) is 50.7 Å². The molecule has 0 saturated heterocycles. The molecule has 0 aliphatic rings. The molecule has 6 heteroatoms. The maximum absolute atomic E-state index is 6.06. The zero-order valence-corrected chi connectivity index (χ0v) is 40.1. The van der Waals surface area contributed by atoms with E-state index in [4.69, 9.17) is 14.4 Å². The molecule has 0 bridgehead atoms. The molecule has 4 aromatic heterocycles. The van der Waals surface area contributed by atoms with Crippen molar-refractivity contribution in [1.82, 2.24) is 15.0 Å². The van der Waals surface area contributed by atoms with Crippen LogP contribution >= 0.6 is 0 Å². The number of nitrogens with zero attached hydrogens (tertiary/aromatic N) is 3. The summed E-state index contributed by atoms with van der Waals surface area (Å²) in [5.41, 5.74) is 16.2. The molecule has 0 atom stereocenters. The Balaban J connectivity index is 0.000000236. The average molecular weight is 981 g/mol. The van der Waals surface area contributed by atoms with Crippen molar-refractivity contribution in [1.29, 1.82) is 0 Å². The van der Waals surface area contributed by atoms with E-state index in [1.165, 1.54) is 43.3 Å². The molecule has 7 rings (SSSR count). The van der Waals surface area contributed by atoms with Gasteiger partial charge in [0, 0.05) is 43.4 Å². The maximum Gasteiger partial charge on any atom is 0.216 e. The Morgan fingerprint density at radius 3 is 1.89 bits per heavy atom. The number of fused-ring (bicyclic) bond motifs is 3. The van der Waals surface area contributed by atoms with E-state index in [1.54, 1.807) is 0 Å². The van der Waals surface area contributed by atoms with Crippen molar-refractivity contribution in [3.63, 3.8) is 0 Å². The van der Waals surface area contributed by atoms with Crippen LogP contribution in [0.3, 0.4) is 0 Å². The summed E-state index contributed by atoms with van der Waals surface area (Å²) in [7, 11) is 0. The topological polar surface area (TPSA) is 51.8 Å². The third-order valence-electron chi connectivity index (χ3n) is 9.94. The molecule has 3 aromatic carbocycles. The first-order valence-corrected chi connectivity index (χ1v) is 26.8. The smallest absolute Gasteiger partial charge is 0.216 e. The number of pyridine rings is 3. The molecule has 293 valence electrons. The number of hydrogen-bond acceptors (Lipinski definition) is 4. The van der Waals surface area contributed by atoms with Crippen LogP contribution in [0.2, 0.25) is 17.3 Å². The molecule has 0 spiro atoms. The van der Waals surface area contributed by atoms with E-state index in [2.05, 4.69) is 152 Å². The molecule has 56 heavy (non-hydrogen) atoms. The van der Waals surface area contributed by atoms with Gasteiger partial charge in [0.25, 0.3) is 0 Å². The van der Waals surface area contributed by atoms with Crippen LogP contribution in [-0.4, -0.2) is 28.2 Å². The van der Waals surface area contributed by atoms with Gasteiger partial charge in [-0.05, 0) is 73.5 Å². The molecule has 0 amide bonds. The summed E-state index contributed by atoms with van der Waals surface area (Å²) in [6.07, 6.45) is 8.14. The van der Waals surface area contributed by atoms with Gasteiger partial charge in [-0.25, -0.2) is 4.98 Å². The molecule has 0 unspecified atom stereocenters. The summed E-state index contributed by atoms with van der Waals surface area (Å²) < 4.78 is 7.59. The van der Waals surface area contributed by atoms with Crippen LogP contribution in [0.4, 0.5) is 0 Å². The van der Waals surface area contributed by atoms with Gasteiger partial charge in [-0.2, -0.15) is 0 Å². The number of rotatable bonds is 6. The zero-order valence-electron chi connectivity index (χ0n) is 35.6. The fourth-order valence-electron chi connectivity index (χ4n) is 7.59. The molecule has 0 aliphatic heterocycles. The van der Waals surface area contributed by atoms with Gasteiger partial charge in [0.05, 0.1) is 5.58 Å². The van der Waals surface area contributed by atoms with Crippen molar-refractivity contribution in [3.8, 4) is 33.6 Å². The Bertz CT molecular complexity index is 2460. The molecule has 0 aliphatic carbocycles. The molecule has 7 aromatic rings. The number of aryl methyl sites for hydroxylation is 4. The van der Waals surface area contributed by atoms with Gasteiger partial charge in [-0.15, -0.1) is 23.8 Å². The molecular formula is C50H57GeIrN3O-2. The molecular weight excluding hydrogens is 923 g/mol. The van der Waals surface area contributed by atoms with Crippen molar-refractivity contribution in [2.45, 2.75) is 99.3 Å². The van der Waals surface area contributed by atoms with Crippen LogP contribution in [0.5, 0.6) is 0 Å². The molecule has 0 fully saturated rings. The number of aromatic nitrogens is 3. The molecule has 4 nitrogen and oxygen atoms in total. The molecule has 4 heterocycles. The zero-order chi connectivity index (χ0) is 39.9. The number of benzene rings is 3. The first-order valence-electron chi connectivity index (χ1n) is 19.5. The van der Waals surface area contributed by atoms with Crippen molar-refractivity contribution in [2.75, 3.05) is 0 Å². The van der Waals surface area contributed by atoms with Gasteiger partial charge in [0.2, 0.25) is 5.71 Å². The third-order valence-corrected chi connectivity index (χ3v) is 14.3. The van der Waals surface area contributed by atoms with Crippen LogP contribution in [0.25, 0.3) is 55.7 Å². The summed E-state index contributed by atoms with van der Waals surface area (Å²) in [6, 6.07) is 30.0. The quantitative estimate of drug-likeness (QED) is 0.123. The minimum absolute atomic E-state index is 0. The summed E-state index contributed by atoms with van der Waals surface area (Å²) >= 11 is -1.90. The number of hydrogen-bond donors (Lipinski definition) is 0. The summed E-state index contributed by atoms with van der Waals surface area (Å²) in [5, 5.41) is 2.06. The Hall–Kier alpha value is -3.90. The normalized spacial score (nSPS) is 12.0. The van der Waals surface area contributed by atoms with Gasteiger partial charge in [0.1, 0.15) is 0 Å². The predicted octanol–water partition coefficient (Wildman–Crippen LogP) is 13.0. The van der Waals surface area contributed by atoms with Gasteiger partial charge in [-0.3, -0.25) is 0 Å². The summed E-state index contributed by atoms with van der Waals surface area (Å²) in [6.45, 7) is 22.3. The van der Waals surface area contributed by atoms with Gasteiger partial charge in [-0.1, -0.05) is 55.5 Å². The Kier molecular flexibility index (Phi) is 13.1. The Morgan fingerprint density at radius 2 is 1.27 bits per heavy atom. The van der Waals surface area contributed by atoms with Crippen molar-refractivity contribution < 1.29 is 24.5 Å². The van der Waals surface area contributed by atoms with Crippen LogP contribution < -0.4 is 4.40 Å². The standard InChI is InChI=1S/C31H31N2O.C19H26GeN.Ir/c1-18-10-19(2)29(20(3)11-18)24-13-26-25-12-22(8-9-28(25)34-30(26)33-17-24)27-14-23(15-31(5,6)7)21(4)16-32-27;1-19(2,3)13-16-12-18(15-10-8-7-9-11-15)21-14-17(16)20(4,5)6;/h9-14,16-17H,15H2,1-7H3;7-10,12,14H,13H2,1-6H3;/q2*-1;. The van der Waals surface area contributed by atoms with Gasteiger partial charge >= 0.3 is 132 Å². The number of furan rings is 1. The van der Waals surface area contributed by atoms with E-state index in [1.807, 2.05) is 36.7 Å². The second-order valence-electron chi connectivity index (χ2n) is 18.8. The van der Waals surface area contributed by atoms with E-state index in [9.17, 15) is 0 Å². The minimum Gasteiger partial charge on any atom is -0.486 e. The van der Waals surface area contributed by atoms with E-state index in [0.717, 1.165) is 57.3 Å². The van der Waals surface area contributed by atoms with E-state index in [-0.39, 0.29) is 25.5 Å². The summed E-state index contributed by atoms with van der Waals surface area (Å²) in [5.74, 6) is 7.33. The second-order valence-corrected chi connectivity index (χ2v) is 29.4. The van der Waals surface area contributed by atoms with E-state index >= 15 is 0 Å². The molecule has 0 N–H and O–H groups in total. The predicted molar refractivity (Wildman–Crippen MR) is 236 cm³/mol. The van der Waals surface area contributed by atoms with Crippen molar-refractivity contribution >= 4 is 39.7 Å². The fraction of sp³-hybridized carbons (Fsp3) is 0.340. The Morgan fingerprint density at radius 1 is 0.643 bits per heavy atom. The third kappa shape index (κ3) is 10.3. The molecule has 0 saturated carbocycles. The minimum atomic E-state index is -1.90. The fourth-order valence-corrected chi connectivity index (χ4v) is 10.9. The van der Waals surface area contributed by atoms with Crippen molar-refractivity contribution in [3.05, 3.63) is 131 Å². The largest absolute Gasteiger partial charge is 0.486 e. The average Bonchev–Trinajstić information content (AvgIpc) is 3.45. The maximum atomic E-state index is 6.06. The van der Waals surface area contributed by atoms with E-state index in [0.29, 0.717) is 11.1 Å². The first kappa shape index (κ1) is 43.2. The molecule has 1 radical (unpaired) electrons. The van der Waals surface area contributed by atoms with Crippen LogP contribution in [-0.2, 0) is 32.9 Å². The van der Waals surface area contributed by atoms with Crippen molar-refractivity contribution in [2.24, 2.45) is 10.8 Å². The first-order chi connectivity index (χ1) is 25.8. The van der Waals surface area contributed by atoms with Gasteiger partial charge < -0.3 is 9.40 Å². The summed E-state index contributed by atoms with van der Waals surface area (Å²) in [4.78, 5) is 14.1. The van der Waals surface area contributed by atoms with E-state index < -0.39 is 13.3 Å². The SMILES string of the molecule is CC(C)(C)Cc1cc(-c2[c-]cccc2)nc[c]1[Ge]([CH3])([CH3])[CH3].Cc1cc(C)c(-c2cnc3oc4c[c-]c(-c5cc(CC(C)(C)C)c(C)cn5)cc4c3c2)c(C)c1.[Ir]. The monoisotopic (exact) mass is 982 g/mol.